The van der Waals surface area contributed by atoms with Crippen molar-refractivity contribution in [3.63, 3.8) is 0 Å². The molecule has 0 saturated carbocycles. The fourth-order valence-corrected chi connectivity index (χ4v) is 2.82. The van der Waals surface area contributed by atoms with Gasteiger partial charge in [0.05, 0.1) is 19.2 Å². The van der Waals surface area contributed by atoms with E-state index in [2.05, 4.69) is 5.32 Å². The number of Topliss-reactive ketones (excluding diaryl/α,β-unsaturated/α-hetero) is 1. The highest BCUT2D eigenvalue weighted by atomic mass is 16.5. The van der Waals surface area contributed by atoms with Crippen molar-refractivity contribution in [1.29, 1.82) is 0 Å². The summed E-state index contributed by atoms with van der Waals surface area (Å²) in [5.74, 6) is -0.344. The van der Waals surface area contributed by atoms with Crippen molar-refractivity contribution in [2.75, 3.05) is 12.4 Å². The second-order valence-electron chi connectivity index (χ2n) is 5.64. The van der Waals surface area contributed by atoms with Crippen molar-refractivity contribution in [2.24, 2.45) is 0 Å². The zero-order chi connectivity index (χ0) is 16.6. The maximum atomic E-state index is 12.5. The van der Waals surface area contributed by atoms with Gasteiger partial charge in [-0.15, -0.1) is 0 Å². The third kappa shape index (κ3) is 2.49. The second kappa shape index (κ2) is 5.52. The molecule has 1 aliphatic rings. The van der Waals surface area contributed by atoms with Crippen LogP contribution in [0.1, 0.15) is 27.9 Å². The lowest BCUT2D eigenvalue weighted by molar-refractivity contribution is -0.133. The van der Waals surface area contributed by atoms with Gasteiger partial charge in [-0.2, -0.15) is 0 Å². The molecule has 2 aromatic rings. The summed E-state index contributed by atoms with van der Waals surface area (Å²) >= 11 is 0. The minimum atomic E-state index is -1.85. The maximum absolute atomic E-state index is 12.5. The van der Waals surface area contributed by atoms with Gasteiger partial charge in [0.15, 0.2) is 11.4 Å². The third-order valence-corrected chi connectivity index (χ3v) is 4.14. The second-order valence-corrected chi connectivity index (χ2v) is 5.64. The van der Waals surface area contributed by atoms with Crippen LogP contribution in [0.3, 0.4) is 0 Å². The van der Waals surface area contributed by atoms with Crippen molar-refractivity contribution in [1.82, 2.24) is 0 Å². The summed E-state index contributed by atoms with van der Waals surface area (Å²) in [5, 5.41) is 13.5. The lowest BCUT2D eigenvalue weighted by Crippen LogP contribution is -2.36. The van der Waals surface area contributed by atoms with Crippen molar-refractivity contribution in [2.45, 2.75) is 18.9 Å². The molecule has 5 heteroatoms. The number of para-hydroxylation sites is 1. The number of amides is 1. The summed E-state index contributed by atoms with van der Waals surface area (Å²) in [4.78, 5) is 24.8. The number of carbonyl (C=O) groups is 2. The first-order valence-corrected chi connectivity index (χ1v) is 7.27. The Labute approximate surface area is 133 Å². The predicted octanol–water partition coefficient (Wildman–Crippen LogP) is 2.42. The van der Waals surface area contributed by atoms with E-state index in [0.29, 0.717) is 22.6 Å². The first kappa shape index (κ1) is 15.2. The molecule has 0 aliphatic carbocycles. The van der Waals surface area contributed by atoms with Crippen LogP contribution in [0.15, 0.2) is 42.5 Å². The van der Waals surface area contributed by atoms with Crippen molar-refractivity contribution in [3.8, 4) is 5.75 Å². The molecular weight excluding hydrogens is 294 g/mol. The average Bonchev–Trinajstić information content (AvgIpc) is 2.80. The van der Waals surface area contributed by atoms with Crippen molar-refractivity contribution in [3.05, 3.63) is 59.2 Å². The Morgan fingerprint density at radius 1 is 1.26 bits per heavy atom. The average molecular weight is 311 g/mol. The molecule has 2 aromatic carbocycles. The molecule has 1 aliphatic heterocycles. The van der Waals surface area contributed by atoms with Gasteiger partial charge in [0, 0.05) is 11.1 Å². The van der Waals surface area contributed by atoms with Gasteiger partial charge < -0.3 is 15.2 Å². The molecule has 1 atom stereocenters. The predicted molar refractivity (Wildman–Crippen MR) is 85.6 cm³/mol. The molecule has 0 spiro atoms. The summed E-state index contributed by atoms with van der Waals surface area (Å²) < 4.78 is 5.10. The zero-order valence-electron chi connectivity index (χ0n) is 12.9. The molecule has 1 heterocycles. The summed E-state index contributed by atoms with van der Waals surface area (Å²) in [6.07, 6.45) is -0.317. The van der Waals surface area contributed by atoms with E-state index < -0.39 is 11.5 Å². The molecule has 0 aromatic heterocycles. The van der Waals surface area contributed by atoms with Gasteiger partial charge in [0.1, 0.15) is 5.75 Å². The number of rotatable bonds is 4. The fraction of sp³-hybridized carbons (Fsp3) is 0.222. The topological polar surface area (TPSA) is 75.6 Å². The molecule has 0 fully saturated rings. The van der Waals surface area contributed by atoms with E-state index in [0.717, 1.165) is 5.56 Å². The number of nitrogens with one attached hydrogen (secondary N) is 1. The largest absolute Gasteiger partial charge is 0.497 e. The Bertz CT molecular complexity index is 799. The van der Waals surface area contributed by atoms with Gasteiger partial charge in [-0.3, -0.25) is 9.59 Å². The lowest BCUT2D eigenvalue weighted by Gasteiger charge is -2.20. The van der Waals surface area contributed by atoms with E-state index in [-0.39, 0.29) is 12.2 Å². The highest BCUT2D eigenvalue weighted by molar-refractivity contribution is 6.09. The maximum Gasteiger partial charge on any atom is 0.261 e. The monoisotopic (exact) mass is 311 g/mol. The number of carbonyl (C=O) groups excluding carboxylic acids is 2. The molecule has 3 rings (SSSR count). The van der Waals surface area contributed by atoms with Crippen LogP contribution in [0.5, 0.6) is 5.75 Å². The highest BCUT2D eigenvalue weighted by Crippen LogP contribution is 2.40. The van der Waals surface area contributed by atoms with Crippen molar-refractivity contribution < 1.29 is 19.4 Å². The Kier molecular flexibility index (Phi) is 3.66. The molecule has 5 nitrogen and oxygen atoms in total. The Hall–Kier alpha value is -2.66. The lowest BCUT2D eigenvalue weighted by atomic mass is 9.87. The van der Waals surface area contributed by atoms with Gasteiger partial charge in [-0.1, -0.05) is 30.3 Å². The highest BCUT2D eigenvalue weighted by Gasteiger charge is 2.47. The molecule has 118 valence electrons. The molecular formula is C18H17NO4. The van der Waals surface area contributed by atoms with E-state index >= 15 is 0 Å². The van der Waals surface area contributed by atoms with Gasteiger partial charge >= 0.3 is 0 Å². The van der Waals surface area contributed by atoms with Crippen LogP contribution < -0.4 is 10.1 Å². The van der Waals surface area contributed by atoms with Gasteiger partial charge in [0.25, 0.3) is 5.91 Å². The van der Waals surface area contributed by atoms with Crippen LogP contribution >= 0.6 is 0 Å². The number of benzene rings is 2. The van der Waals surface area contributed by atoms with Gasteiger partial charge in [0.2, 0.25) is 0 Å². The minimum Gasteiger partial charge on any atom is -0.497 e. The summed E-state index contributed by atoms with van der Waals surface area (Å²) in [6, 6.07) is 11.9. The van der Waals surface area contributed by atoms with Gasteiger partial charge in [-0.25, -0.2) is 0 Å². The Morgan fingerprint density at radius 3 is 2.74 bits per heavy atom. The van der Waals surface area contributed by atoms with Crippen LogP contribution in [0.4, 0.5) is 5.69 Å². The van der Waals surface area contributed by atoms with E-state index in [1.807, 2.05) is 13.0 Å². The number of ketones is 1. The van der Waals surface area contributed by atoms with Crippen LogP contribution in [0.25, 0.3) is 0 Å². The number of anilines is 1. The smallest absolute Gasteiger partial charge is 0.261 e. The quantitative estimate of drug-likeness (QED) is 0.850. The van der Waals surface area contributed by atoms with E-state index in [4.69, 9.17) is 4.74 Å². The van der Waals surface area contributed by atoms with Crippen LogP contribution in [-0.2, 0) is 10.4 Å². The van der Waals surface area contributed by atoms with E-state index in [1.165, 1.54) is 7.11 Å². The number of methoxy groups -OCH3 is 1. The molecule has 0 radical (unpaired) electrons. The van der Waals surface area contributed by atoms with Crippen molar-refractivity contribution >= 4 is 17.4 Å². The SMILES string of the molecule is COc1cccc(C(=O)C[C@]2(O)C(=O)Nc3c(C)cccc32)c1. The number of hydrogen-bond acceptors (Lipinski definition) is 4. The molecule has 0 unspecified atom stereocenters. The Balaban J connectivity index is 1.94. The normalized spacial score (nSPS) is 19.2. The molecule has 1 amide bonds. The first-order chi connectivity index (χ1) is 11.0. The zero-order valence-corrected chi connectivity index (χ0v) is 12.9. The number of fused-ring (bicyclic) bond motifs is 1. The summed E-state index contributed by atoms with van der Waals surface area (Å²) in [6.45, 7) is 1.84. The van der Waals surface area contributed by atoms with Crippen LogP contribution in [-0.4, -0.2) is 23.9 Å². The molecule has 23 heavy (non-hydrogen) atoms. The summed E-state index contributed by atoms with van der Waals surface area (Å²) in [7, 11) is 1.51. The standard InChI is InChI=1S/C18H17NO4/c1-11-5-3-8-14-16(11)19-17(21)18(14,22)10-15(20)12-6-4-7-13(9-12)23-2/h3-9,22H,10H2,1-2H3,(H,19,21)/t18-/m1/s1. The number of ether oxygens (including phenoxy) is 1. The molecule has 2 N–H and O–H groups in total. The van der Waals surface area contributed by atoms with Gasteiger partial charge in [-0.05, 0) is 24.6 Å². The minimum absolute atomic E-state index is 0.317. The number of aryl methyl sites for hydroxylation is 1. The number of aliphatic hydroxyl groups is 1. The summed E-state index contributed by atoms with van der Waals surface area (Å²) in [5.41, 5.74) is 0.422. The molecule has 0 saturated heterocycles. The third-order valence-electron chi connectivity index (χ3n) is 4.14. The number of hydrogen-bond donors (Lipinski definition) is 2. The fourth-order valence-electron chi connectivity index (χ4n) is 2.82. The molecule has 0 bridgehead atoms. The van der Waals surface area contributed by atoms with E-state index in [1.54, 1.807) is 36.4 Å². The van der Waals surface area contributed by atoms with Crippen LogP contribution in [0, 0.1) is 6.92 Å². The van der Waals surface area contributed by atoms with E-state index in [9.17, 15) is 14.7 Å². The van der Waals surface area contributed by atoms with Crippen LogP contribution in [0.2, 0.25) is 0 Å². The first-order valence-electron chi connectivity index (χ1n) is 7.27. The Morgan fingerprint density at radius 2 is 2.00 bits per heavy atom.